The Morgan fingerprint density at radius 1 is 1.00 bits per heavy atom. The summed E-state index contributed by atoms with van der Waals surface area (Å²) in [6.07, 6.45) is 0. The van der Waals surface area contributed by atoms with E-state index in [9.17, 15) is 4.79 Å². The molecule has 0 bridgehead atoms. The average molecular weight is 398 g/mol. The number of hydrogen-bond donors (Lipinski definition) is 1. The fourth-order valence-electron chi connectivity index (χ4n) is 3.02. The monoisotopic (exact) mass is 397 g/mol. The lowest BCUT2D eigenvalue weighted by atomic mass is 10.2. The van der Waals surface area contributed by atoms with Gasteiger partial charge in [-0.3, -0.25) is 13.9 Å². The van der Waals surface area contributed by atoms with Gasteiger partial charge in [-0.1, -0.05) is 41.7 Å². The molecule has 0 aliphatic carbocycles. The van der Waals surface area contributed by atoms with Gasteiger partial charge in [-0.15, -0.1) is 0 Å². The molecule has 2 heterocycles. The summed E-state index contributed by atoms with van der Waals surface area (Å²) in [6.45, 7) is 4.00. The molecule has 0 aliphatic heterocycles. The van der Waals surface area contributed by atoms with Crippen molar-refractivity contribution in [3.63, 3.8) is 0 Å². The predicted octanol–water partition coefficient (Wildman–Crippen LogP) is 5.25. The van der Waals surface area contributed by atoms with E-state index >= 15 is 0 Å². The van der Waals surface area contributed by atoms with E-state index in [1.807, 2.05) is 66.9 Å². The van der Waals surface area contributed by atoms with Crippen LogP contribution in [0.15, 0.2) is 53.3 Å². The second-order valence-corrected chi connectivity index (χ2v) is 8.11. The van der Waals surface area contributed by atoms with Crippen LogP contribution in [0.2, 0.25) is 0 Å². The third-order valence-corrected chi connectivity index (χ3v) is 5.90. The highest BCUT2D eigenvalue weighted by molar-refractivity contribution is 7.73. The summed E-state index contributed by atoms with van der Waals surface area (Å²) in [5.74, 6) is 0. The van der Waals surface area contributed by atoms with Gasteiger partial charge in [0.2, 0.25) is 0 Å². The molecule has 26 heavy (non-hydrogen) atoms. The topological polar surface area (TPSA) is 42.7 Å². The molecule has 2 aromatic heterocycles. The standard InChI is InChI=1S/C19H15N3OS3/c1-11-6-5-8-13(10-11)21-17(23)15-16(20-18(21)24)22(19(25)26-15)14-9-4-3-7-12(14)2/h3-10H,1-2H3,(H,20,24). The summed E-state index contributed by atoms with van der Waals surface area (Å²) >= 11 is 12.4. The van der Waals surface area contributed by atoms with Crippen molar-refractivity contribution in [3.8, 4) is 11.4 Å². The van der Waals surface area contributed by atoms with Crippen LogP contribution < -0.4 is 5.56 Å². The smallest absolute Gasteiger partial charge is 0.278 e. The molecule has 130 valence electrons. The van der Waals surface area contributed by atoms with Crippen LogP contribution in [0.3, 0.4) is 0 Å². The van der Waals surface area contributed by atoms with Crippen molar-refractivity contribution in [3.05, 3.63) is 78.7 Å². The number of rotatable bonds is 2. The van der Waals surface area contributed by atoms with E-state index in [1.165, 1.54) is 15.9 Å². The van der Waals surface area contributed by atoms with Gasteiger partial charge in [0.1, 0.15) is 10.3 Å². The fourth-order valence-corrected chi connectivity index (χ4v) is 4.62. The Balaban J connectivity index is 2.09. The quantitative estimate of drug-likeness (QED) is 0.470. The van der Waals surface area contributed by atoms with Gasteiger partial charge in [-0.25, -0.2) is 0 Å². The summed E-state index contributed by atoms with van der Waals surface area (Å²) in [4.78, 5) is 16.4. The number of aromatic nitrogens is 3. The summed E-state index contributed by atoms with van der Waals surface area (Å²) in [5, 5.41) is 0. The lowest BCUT2D eigenvalue weighted by molar-refractivity contribution is 0.925. The second-order valence-electron chi connectivity index (χ2n) is 6.08. The van der Waals surface area contributed by atoms with Crippen LogP contribution in [-0.2, 0) is 0 Å². The van der Waals surface area contributed by atoms with E-state index in [2.05, 4.69) is 4.98 Å². The number of nitrogens with one attached hydrogen (secondary N) is 1. The number of aryl methyl sites for hydroxylation is 2. The Hall–Kier alpha value is -2.35. The van der Waals surface area contributed by atoms with Gasteiger partial charge in [0.25, 0.3) is 5.56 Å². The van der Waals surface area contributed by atoms with Crippen LogP contribution in [0, 0.1) is 22.6 Å². The number of fused-ring (bicyclic) bond motifs is 1. The van der Waals surface area contributed by atoms with Crippen LogP contribution in [0.4, 0.5) is 0 Å². The van der Waals surface area contributed by atoms with E-state index in [1.54, 1.807) is 0 Å². The summed E-state index contributed by atoms with van der Waals surface area (Å²) < 4.78 is 4.94. The normalized spacial score (nSPS) is 11.2. The van der Waals surface area contributed by atoms with Crippen molar-refractivity contribution in [1.29, 1.82) is 0 Å². The highest BCUT2D eigenvalue weighted by atomic mass is 32.1. The Kier molecular flexibility index (Phi) is 4.22. The summed E-state index contributed by atoms with van der Waals surface area (Å²) in [7, 11) is 0. The molecular weight excluding hydrogens is 382 g/mol. The average Bonchev–Trinajstić information content (AvgIpc) is 2.92. The third kappa shape index (κ3) is 2.68. The molecule has 7 heteroatoms. The lowest BCUT2D eigenvalue weighted by Gasteiger charge is -2.10. The van der Waals surface area contributed by atoms with Gasteiger partial charge < -0.3 is 4.98 Å². The summed E-state index contributed by atoms with van der Waals surface area (Å²) in [6, 6.07) is 15.6. The fraction of sp³-hybridized carbons (Fsp3) is 0.105. The Bertz CT molecular complexity index is 1320. The Morgan fingerprint density at radius 3 is 2.50 bits per heavy atom. The van der Waals surface area contributed by atoms with Crippen molar-refractivity contribution >= 4 is 46.1 Å². The van der Waals surface area contributed by atoms with Gasteiger partial charge in [0, 0.05) is 0 Å². The first-order valence-corrected chi connectivity index (χ1v) is 9.64. The van der Waals surface area contributed by atoms with E-state index in [-0.39, 0.29) is 5.56 Å². The van der Waals surface area contributed by atoms with Crippen molar-refractivity contribution in [1.82, 2.24) is 14.1 Å². The first-order chi connectivity index (χ1) is 12.5. The first-order valence-electron chi connectivity index (χ1n) is 8.01. The number of para-hydroxylation sites is 1. The molecule has 4 aromatic rings. The molecule has 4 rings (SSSR count). The highest BCUT2D eigenvalue weighted by Gasteiger charge is 2.15. The van der Waals surface area contributed by atoms with E-state index in [0.717, 1.165) is 22.5 Å². The van der Waals surface area contributed by atoms with Crippen molar-refractivity contribution in [2.45, 2.75) is 13.8 Å². The molecule has 0 radical (unpaired) electrons. The molecule has 0 unspecified atom stereocenters. The maximum Gasteiger partial charge on any atom is 0.278 e. The van der Waals surface area contributed by atoms with Crippen LogP contribution in [0.1, 0.15) is 11.1 Å². The molecule has 0 saturated carbocycles. The molecule has 0 amide bonds. The second kappa shape index (κ2) is 6.42. The number of benzene rings is 2. The molecule has 0 saturated heterocycles. The third-order valence-electron chi connectivity index (χ3n) is 4.25. The Morgan fingerprint density at radius 2 is 1.77 bits per heavy atom. The van der Waals surface area contributed by atoms with Crippen molar-refractivity contribution in [2.24, 2.45) is 0 Å². The maximum absolute atomic E-state index is 13.2. The minimum absolute atomic E-state index is 0.155. The molecule has 2 aromatic carbocycles. The van der Waals surface area contributed by atoms with Gasteiger partial charge in [-0.2, -0.15) is 0 Å². The van der Waals surface area contributed by atoms with E-state index < -0.39 is 0 Å². The lowest BCUT2D eigenvalue weighted by Crippen LogP contribution is -2.20. The Labute approximate surface area is 164 Å². The van der Waals surface area contributed by atoms with Crippen molar-refractivity contribution in [2.75, 3.05) is 0 Å². The maximum atomic E-state index is 13.2. The van der Waals surface area contributed by atoms with Gasteiger partial charge in [0.05, 0.1) is 11.4 Å². The van der Waals surface area contributed by atoms with Gasteiger partial charge >= 0.3 is 0 Å². The van der Waals surface area contributed by atoms with Gasteiger partial charge in [0.15, 0.2) is 8.73 Å². The molecule has 0 aliphatic rings. The largest absolute Gasteiger partial charge is 0.316 e. The molecule has 0 fully saturated rings. The van der Waals surface area contributed by atoms with Crippen LogP contribution in [-0.4, -0.2) is 14.1 Å². The summed E-state index contributed by atoms with van der Waals surface area (Å²) in [5.41, 5.74) is 4.33. The first kappa shape index (κ1) is 17.1. The molecule has 1 N–H and O–H groups in total. The van der Waals surface area contributed by atoms with E-state index in [0.29, 0.717) is 19.1 Å². The number of nitrogens with zero attached hydrogens (tertiary/aromatic N) is 2. The van der Waals surface area contributed by atoms with Crippen molar-refractivity contribution < 1.29 is 0 Å². The highest BCUT2D eigenvalue weighted by Crippen LogP contribution is 2.25. The zero-order chi connectivity index (χ0) is 18.4. The molecule has 4 nitrogen and oxygen atoms in total. The van der Waals surface area contributed by atoms with Crippen LogP contribution in [0.5, 0.6) is 0 Å². The predicted molar refractivity (Wildman–Crippen MR) is 112 cm³/mol. The molecular formula is C19H15N3OS3. The van der Waals surface area contributed by atoms with E-state index in [4.69, 9.17) is 24.4 Å². The SMILES string of the molecule is Cc1cccc(-n2c(=S)[nH]c3c(sc(=S)n3-c3ccccc3C)c2=O)c1. The molecule has 0 atom stereocenters. The number of H-pyrrole nitrogens is 1. The number of aromatic amines is 1. The van der Waals surface area contributed by atoms with Crippen LogP contribution >= 0.6 is 35.8 Å². The minimum Gasteiger partial charge on any atom is -0.316 e. The van der Waals surface area contributed by atoms with Gasteiger partial charge in [-0.05, 0) is 67.6 Å². The number of thiazole rings is 1. The zero-order valence-electron chi connectivity index (χ0n) is 14.1. The van der Waals surface area contributed by atoms with Crippen LogP contribution in [0.25, 0.3) is 21.7 Å². The molecule has 0 spiro atoms. The minimum atomic E-state index is -0.155. The zero-order valence-corrected chi connectivity index (χ0v) is 16.6. The number of hydrogen-bond acceptors (Lipinski definition) is 4.